The average molecular weight is 281 g/mol. The van der Waals surface area contributed by atoms with Gasteiger partial charge in [0, 0.05) is 25.8 Å². The third kappa shape index (κ3) is 4.83. The first-order valence-electron chi connectivity index (χ1n) is 6.63. The fraction of sp³-hybridized carbons (Fsp3) is 0.533. The number of hydrogen-bond acceptors (Lipinski definition) is 4. The van der Waals surface area contributed by atoms with E-state index < -0.39 is 0 Å². The Labute approximate surface area is 120 Å². The lowest BCUT2D eigenvalue weighted by Gasteiger charge is -2.22. The summed E-state index contributed by atoms with van der Waals surface area (Å²) in [6.07, 6.45) is 0.258. The zero-order chi connectivity index (χ0) is 15.0. The molecule has 1 aromatic rings. The molecule has 0 heterocycles. The van der Waals surface area contributed by atoms with Gasteiger partial charge in [-0.2, -0.15) is 0 Å². The summed E-state index contributed by atoms with van der Waals surface area (Å²) in [6, 6.07) is 5.76. The van der Waals surface area contributed by atoms with Gasteiger partial charge < -0.3 is 19.5 Å². The number of aliphatic hydroxyl groups is 1. The molecule has 0 saturated heterocycles. The van der Waals surface area contributed by atoms with Crippen molar-refractivity contribution in [2.75, 3.05) is 40.5 Å². The SMILES string of the molecule is COCCN(CCO)C(=O)Cc1cc(C)ccc1OC. The van der Waals surface area contributed by atoms with Gasteiger partial charge in [0.2, 0.25) is 5.91 Å². The highest BCUT2D eigenvalue weighted by Crippen LogP contribution is 2.20. The van der Waals surface area contributed by atoms with Gasteiger partial charge in [-0.15, -0.1) is 0 Å². The van der Waals surface area contributed by atoms with E-state index in [1.807, 2.05) is 25.1 Å². The zero-order valence-corrected chi connectivity index (χ0v) is 12.4. The van der Waals surface area contributed by atoms with Gasteiger partial charge in [0.05, 0.1) is 26.7 Å². The number of aryl methyl sites for hydroxylation is 1. The summed E-state index contributed by atoms with van der Waals surface area (Å²) < 4.78 is 10.3. The van der Waals surface area contributed by atoms with E-state index in [1.165, 1.54) is 0 Å². The predicted octanol–water partition coefficient (Wildman–Crippen LogP) is 1.01. The normalized spacial score (nSPS) is 10.4. The topological polar surface area (TPSA) is 59.0 Å². The molecule has 0 saturated carbocycles. The lowest BCUT2D eigenvalue weighted by molar-refractivity contribution is -0.131. The minimum atomic E-state index is -0.0552. The Bertz CT molecular complexity index is 434. The van der Waals surface area contributed by atoms with Crippen LogP contribution in [0.5, 0.6) is 5.75 Å². The van der Waals surface area contributed by atoms with Crippen LogP contribution in [0.25, 0.3) is 0 Å². The van der Waals surface area contributed by atoms with Gasteiger partial charge in [-0.3, -0.25) is 4.79 Å². The highest BCUT2D eigenvalue weighted by atomic mass is 16.5. The van der Waals surface area contributed by atoms with E-state index in [0.717, 1.165) is 11.1 Å². The monoisotopic (exact) mass is 281 g/mol. The van der Waals surface area contributed by atoms with Crippen LogP contribution in [0, 0.1) is 6.92 Å². The first kappa shape index (κ1) is 16.5. The van der Waals surface area contributed by atoms with E-state index in [2.05, 4.69) is 0 Å². The van der Waals surface area contributed by atoms with Crippen LogP contribution in [0.1, 0.15) is 11.1 Å². The second-order valence-electron chi connectivity index (χ2n) is 4.59. The molecule has 0 spiro atoms. The van der Waals surface area contributed by atoms with Gasteiger partial charge in [-0.25, -0.2) is 0 Å². The van der Waals surface area contributed by atoms with Gasteiger partial charge in [-0.05, 0) is 13.0 Å². The highest BCUT2D eigenvalue weighted by Gasteiger charge is 2.15. The first-order chi connectivity index (χ1) is 9.62. The molecule has 5 heteroatoms. The molecular formula is C15H23NO4. The number of amides is 1. The van der Waals surface area contributed by atoms with Crippen LogP contribution < -0.4 is 4.74 Å². The smallest absolute Gasteiger partial charge is 0.227 e. The van der Waals surface area contributed by atoms with Gasteiger partial charge >= 0.3 is 0 Å². The Balaban J connectivity index is 2.78. The fourth-order valence-electron chi connectivity index (χ4n) is 2.00. The summed E-state index contributed by atoms with van der Waals surface area (Å²) in [5, 5.41) is 9.04. The molecule has 5 nitrogen and oxygen atoms in total. The summed E-state index contributed by atoms with van der Waals surface area (Å²) in [7, 11) is 3.18. The number of aliphatic hydroxyl groups excluding tert-OH is 1. The van der Waals surface area contributed by atoms with Crippen LogP contribution in [0.2, 0.25) is 0 Å². The molecule has 0 aliphatic carbocycles. The van der Waals surface area contributed by atoms with Crippen molar-refractivity contribution in [3.8, 4) is 5.75 Å². The van der Waals surface area contributed by atoms with Crippen LogP contribution in [0.4, 0.5) is 0 Å². The molecule has 1 aromatic carbocycles. The van der Waals surface area contributed by atoms with Gasteiger partial charge in [0.1, 0.15) is 5.75 Å². The van der Waals surface area contributed by atoms with Gasteiger partial charge in [0.25, 0.3) is 0 Å². The Morgan fingerprint density at radius 2 is 2.05 bits per heavy atom. The Kier molecular flexibility index (Phi) is 7.04. The molecule has 0 radical (unpaired) electrons. The van der Waals surface area contributed by atoms with E-state index in [0.29, 0.717) is 25.4 Å². The highest BCUT2D eigenvalue weighted by molar-refractivity contribution is 5.79. The zero-order valence-electron chi connectivity index (χ0n) is 12.4. The molecule has 0 aromatic heterocycles. The molecule has 0 atom stereocenters. The maximum Gasteiger partial charge on any atom is 0.227 e. The minimum absolute atomic E-state index is 0.0417. The number of benzene rings is 1. The lowest BCUT2D eigenvalue weighted by atomic mass is 10.1. The van der Waals surface area contributed by atoms with E-state index in [4.69, 9.17) is 14.6 Å². The molecule has 0 aliphatic rings. The van der Waals surface area contributed by atoms with Crippen molar-refractivity contribution in [3.63, 3.8) is 0 Å². The summed E-state index contributed by atoms with van der Waals surface area (Å²) in [5.41, 5.74) is 1.94. The molecule has 1 amide bonds. The summed E-state index contributed by atoms with van der Waals surface area (Å²) in [5.74, 6) is 0.666. The Morgan fingerprint density at radius 1 is 1.30 bits per heavy atom. The van der Waals surface area contributed by atoms with Crippen molar-refractivity contribution in [2.45, 2.75) is 13.3 Å². The van der Waals surface area contributed by atoms with Crippen molar-refractivity contribution < 1.29 is 19.4 Å². The fourth-order valence-corrected chi connectivity index (χ4v) is 2.00. The van der Waals surface area contributed by atoms with Crippen LogP contribution in [-0.2, 0) is 16.0 Å². The number of nitrogens with zero attached hydrogens (tertiary/aromatic N) is 1. The number of ether oxygens (including phenoxy) is 2. The van der Waals surface area contributed by atoms with Crippen LogP contribution in [0.3, 0.4) is 0 Å². The summed E-state index contributed by atoms with van der Waals surface area (Å²) >= 11 is 0. The number of rotatable bonds is 8. The number of methoxy groups -OCH3 is 2. The molecule has 112 valence electrons. The molecule has 0 bridgehead atoms. The van der Waals surface area contributed by atoms with Crippen LogP contribution in [0.15, 0.2) is 18.2 Å². The van der Waals surface area contributed by atoms with E-state index in [-0.39, 0.29) is 18.9 Å². The molecule has 0 aliphatic heterocycles. The van der Waals surface area contributed by atoms with Crippen LogP contribution >= 0.6 is 0 Å². The second-order valence-corrected chi connectivity index (χ2v) is 4.59. The van der Waals surface area contributed by atoms with Crippen molar-refractivity contribution in [1.82, 2.24) is 4.90 Å². The largest absolute Gasteiger partial charge is 0.496 e. The van der Waals surface area contributed by atoms with Crippen molar-refractivity contribution >= 4 is 5.91 Å². The number of carbonyl (C=O) groups excluding carboxylic acids is 1. The number of hydrogen-bond donors (Lipinski definition) is 1. The molecule has 20 heavy (non-hydrogen) atoms. The quantitative estimate of drug-likeness (QED) is 0.772. The third-order valence-corrected chi connectivity index (χ3v) is 3.07. The van der Waals surface area contributed by atoms with Crippen molar-refractivity contribution in [1.29, 1.82) is 0 Å². The average Bonchev–Trinajstić information content (AvgIpc) is 2.43. The molecule has 0 fully saturated rings. The standard InChI is InChI=1S/C15H23NO4/c1-12-4-5-14(20-3)13(10-12)11-15(18)16(6-8-17)7-9-19-2/h4-5,10,17H,6-9,11H2,1-3H3. The van der Waals surface area contributed by atoms with Gasteiger partial charge in [-0.1, -0.05) is 17.7 Å². The second kappa shape index (κ2) is 8.55. The minimum Gasteiger partial charge on any atom is -0.496 e. The van der Waals surface area contributed by atoms with E-state index >= 15 is 0 Å². The maximum absolute atomic E-state index is 12.3. The van der Waals surface area contributed by atoms with Crippen molar-refractivity contribution in [2.24, 2.45) is 0 Å². The molecule has 1 N–H and O–H groups in total. The molecule has 1 rings (SSSR count). The predicted molar refractivity (Wildman–Crippen MR) is 77.0 cm³/mol. The van der Waals surface area contributed by atoms with Crippen molar-refractivity contribution in [3.05, 3.63) is 29.3 Å². The Morgan fingerprint density at radius 3 is 2.65 bits per heavy atom. The molecular weight excluding hydrogens is 258 g/mol. The van der Waals surface area contributed by atoms with E-state index in [9.17, 15) is 4.79 Å². The number of carbonyl (C=O) groups is 1. The van der Waals surface area contributed by atoms with E-state index in [1.54, 1.807) is 19.1 Å². The summed E-state index contributed by atoms with van der Waals surface area (Å²) in [4.78, 5) is 13.9. The summed E-state index contributed by atoms with van der Waals surface area (Å²) in [6.45, 7) is 3.17. The van der Waals surface area contributed by atoms with Crippen LogP contribution in [-0.4, -0.2) is 56.4 Å². The first-order valence-corrected chi connectivity index (χ1v) is 6.63. The lowest BCUT2D eigenvalue weighted by Crippen LogP contribution is -2.37. The Hall–Kier alpha value is -1.59. The third-order valence-electron chi connectivity index (χ3n) is 3.07. The maximum atomic E-state index is 12.3. The van der Waals surface area contributed by atoms with Gasteiger partial charge in [0.15, 0.2) is 0 Å². The molecule has 0 unspecified atom stereocenters.